The third kappa shape index (κ3) is 5.00. The number of halogens is 2. The molecular weight excluding hydrogens is 545 g/mol. The average molecular weight is 570 g/mol. The van der Waals surface area contributed by atoms with Crippen LogP contribution >= 0.6 is 11.6 Å². The first-order valence-electron chi connectivity index (χ1n) is 13.0. The molecule has 1 fully saturated rings. The van der Waals surface area contributed by atoms with Gasteiger partial charge < -0.3 is 15.8 Å². The van der Waals surface area contributed by atoms with Gasteiger partial charge in [-0.3, -0.25) is 19.0 Å². The minimum absolute atomic E-state index is 0.208. The van der Waals surface area contributed by atoms with Gasteiger partial charge in [-0.2, -0.15) is 0 Å². The van der Waals surface area contributed by atoms with Gasteiger partial charge in [-0.05, 0) is 66.4 Å². The summed E-state index contributed by atoms with van der Waals surface area (Å²) in [6, 6.07) is 18.4. The van der Waals surface area contributed by atoms with Crippen LogP contribution in [0.2, 0.25) is 5.02 Å². The van der Waals surface area contributed by atoms with Crippen molar-refractivity contribution in [1.82, 2.24) is 19.7 Å². The van der Waals surface area contributed by atoms with Crippen molar-refractivity contribution in [3.63, 3.8) is 0 Å². The Labute approximate surface area is 240 Å². The first kappa shape index (κ1) is 26.5. The van der Waals surface area contributed by atoms with E-state index in [2.05, 4.69) is 15.3 Å². The van der Waals surface area contributed by atoms with Crippen LogP contribution in [0.3, 0.4) is 0 Å². The molecule has 1 aliphatic carbocycles. The number of imidazole rings is 1. The van der Waals surface area contributed by atoms with Gasteiger partial charge in [0.2, 0.25) is 0 Å². The Kier molecular flexibility index (Phi) is 6.67. The number of nitrogens with zero attached hydrogens (tertiary/aromatic N) is 3. The zero-order chi connectivity index (χ0) is 28.7. The Hall–Kier alpha value is -4.76. The third-order valence-electron chi connectivity index (χ3n) is 7.31. The SMILES string of the molecule is COc1cc(Cl)c(-c2ccc3nc(Cc4ccc(F)cc4)c(C(N)=O)n3c2)cc1C(=O)NC1(c2ccccn2)CC1. The highest BCUT2D eigenvalue weighted by Gasteiger charge is 2.47. The monoisotopic (exact) mass is 569 g/mol. The van der Waals surface area contributed by atoms with E-state index in [0.717, 1.165) is 24.1 Å². The van der Waals surface area contributed by atoms with Crippen LogP contribution in [0, 0.1) is 5.82 Å². The van der Waals surface area contributed by atoms with E-state index in [1.54, 1.807) is 53.2 Å². The molecule has 0 atom stereocenters. The molecule has 3 aromatic heterocycles. The number of hydrogen-bond acceptors (Lipinski definition) is 5. The number of primary amides is 1. The number of hydrogen-bond donors (Lipinski definition) is 2. The lowest BCUT2D eigenvalue weighted by molar-refractivity contribution is 0.0925. The standard InChI is InChI=1S/C31H25ClFN5O3/c1-41-25-16-23(32)21(15-22(25)30(40)37-31(11-12-31)26-4-2-3-13-35-26)19-7-10-27-36-24(28(29(34)39)38(27)17-19)14-18-5-8-20(33)9-6-18/h2-10,13,15-17H,11-12,14H2,1H3,(H2,34,39)(H,37,40). The van der Waals surface area contributed by atoms with Crippen molar-refractivity contribution in [1.29, 1.82) is 0 Å². The topological polar surface area (TPSA) is 112 Å². The number of ether oxygens (including phenoxy) is 1. The van der Waals surface area contributed by atoms with Gasteiger partial charge in [-0.25, -0.2) is 9.37 Å². The number of methoxy groups -OCH3 is 1. The van der Waals surface area contributed by atoms with Gasteiger partial charge in [0.25, 0.3) is 11.8 Å². The molecule has 1 aliphatic rings. The first-order valence-corrected chi connectivity index (χ1v) is 13.3. The molecule has 10 heteroatoms. The van der Waals surface area contributed by atoms with Crippen LogP contribution in [0.15, 0.2) is 79.1 Å². The molecular formula is C31H25ClFN5O3. The maximum Gasteiger partial charge on any atom is 0.267 e. The predicted octanol–water partition coefficient (Wildman–Crippen LogP) is 5.31. The summed E-state index contributed by atoms with van der Waals surface area (Å²) >= 11 is 6.67. The largest absolute Gasteiger partial charge is 0.496 e. The van der Waals surface area contributed by atoms with E-state index in [9.17, 15) is 14.0 Å². The van der Waals surface area contributed by atoms with E-state index in [0.29, 0.717) is 45.2 Å². The van der Waals surface area contributed by atoms with E-state index in [1.165, 1.54) is 19.2 Å². The van der Waals surface area contributed by atoms with Crippen LogP contribution < -0.4 is 15.8 Å². The van der Waals surface area contributed by atoms with Gasteiger partial charge in [-0.15, -0.1) is 0 Å². The maximum absolute atomic E-state index is 13.5. The van der Waals surface area contributed by atoms with Gasteiger partial charge in [0.05, 0.1) is 34.6 Å². The van der Waals surface area contributed by atoms with Crippen molar-refractivity contribution in [2.24, 2.45) is 5.73 Å². The van der Waals surface area contributed by atoms with Crippen molar-refractivity contribution < 1.29 is 18.7 Å². The fraction of sp³-hybridized carbons (Fsp3) is 0.161. The number of amides is 2. The summed E-state index contributed by atoms with van der Waals surface area (Å²) in [6.45, 7) is 0. The molecule has 5 aromatic rings. The van der Waals surface area contributed by atoms with Crippen LogP contribution in [0.1, 0.15) is 50.6 Å². The summed E-state index contributed by atoms with van der Waals surface area (Å²) in [5.74, 6) is -0.990. The van der Waals surface area contributed by atoms with Crippen LogP contribution in [0.5, 0.6) is 5.75 Å². The molecule has 1 saturated carbocycles. The minimum Gasteiger partial charge on any atom is -0.496 e. The summed E-state index contributed by atoms with van der Waals surface area (Å²) in [6.07, 6.45) is 5.28. The Morgan fingerprint density at radius 2 is 1.90 bits per heavy atom. The fourth-order valence-electron chi connectivity index (χ4n) is 5.06. The number of pyridine rings is 2. The zero-order valence-electron chi connectivity index (χ0n) is 22.0. The van der Waals surface area contributed by atoms with Crippen molar-refractivity contribution in [3.8, 4) is 16.9 Å². The molecule has 0 unspecified atom stereocenters. The normalized spacial score (nSPS) is 13.6. The van der Waals surface area contributed by atoms with Gasteiger partial charge in [0.15, 0.2) is 0 Å². The molecule has 2 aromatic carbocycles. The fourth-order valence-corrected chi connectivity index (χ4v) is 5.32. The smallest absolute Gasteiger partial charge is 0.267 e. The Bertz CT molecular complexity index is 1800. The Morgan fingerprint density at radius 1 is 1.12 bits per heavy atom. The lowest BCUT2D eigenvalue weighted by Crippen LogP contribution is -2.35. The molecule has 0 spiro atoms. The van der Waals surface area contributed by atoms with Gasteiger partial charge in [-0.1, -0.05) is 29.8 Å². The zero-order valence-corrected chi connectivity index (χ0v) is 22.8. The summed E-state index contributed by atoms with van der Waals surface area (Å²) in [7, 11) is 1.48. The van der Waals surface area contributed by atoms with Gasteiger partial charge >= 0.3 is 0 Å². The quantitative estimate of drug-likeness (QED) is 0.263. The number of nitrogens with one attached hydrogen (secondary N) is 1. The number of benzene rings is 2. The van der Waals surface area contributed by atoms with Crippen molar-refractivity contribution in [3.05, 3.63) is 118 Å². The number of carbonyl (C=O) groups is 2. The first-order chi connectivity index (χ1) is 19.8. The lowest BCUT2D eigenvalue weighted by atomic mass is 10.0. The molecule has 3 N–H and O–H groups in total. The molecule has 0 radical (unpaired) electrons. The molecule has 206 valence electrons. The van der Waals surface area contributed by atoms with E-state index < -0.39 is 11.4 Å². The molecule has 0 bridgehead atoms. The van der Waals surface area contributed by atoms with E-state index in [4.69, 9.17) is 22.1 Å². The van der Waals surface area contributed by atoms with Gasteiger partial charge in [0.1, 0.15) is 22.9 Å². The Balaban J connectivity index is 1.38. The highest BCUT2D eigenvalue weighted by molar-refractivity contribution is 6.33. The molecule has 41 heavy (non-hydrogen) atoms. The summed E-state index contributed by atoms with van der Waals surface area (Å²) in [5.41, 5.74) is 9.54. The summed E-state index contributed by atoms with van der Waals surface area (Å²) in [5, 5.41) is 3.49. The lowest BCUT2D eigenvalue weighted by Gasteiger charge is -2.19. The van der Waals surface area contributed by atoms with Crippen LogP contribution in [0.25, 0.3) is 16.8 Å². The summed E-state index contributed by atoms with van der Waals surface area (Å²) in [4.78, 5) is 35.1. The van der Waals surface area contributed by atoms with Crippen molar-refractivity contribution in [2.45, 2.75) is 24.8 Å². The predicted molar refractivity (Wildman–Crippen MR) is 153 cm³/mol. The van der Waals surface area contributed by atoms with Crippen LogP contribution in [-0.4, -0.2) is 33.3 Å². The molecule has 0 saturated heterocycles. The van der Waals surface area contributed by atoms with E-state index in [1.807, 2.05) is 18.2 Å². The van der Waals surface area contributed by atoms with E-state index in [-0.39, 0.29) is 17.4 Å². The summed E-state index contributed by atoms with van der Waals surface area (Å²) < 4.78 is 20.5. The van der Waals surface area contributed by atoms with E-state index >= 15 is 0 Å². The highest BCUT2D eigenvalue weighted by Crippen LogP contribution is 2.45. The van der Waals surface area contributed by atoms with Gasteiger partial charge in [0, 0.05) is 30.4 Å². The number of carbonyl (C=O) groups excluding carboxylic acids is 2. The number of aromatic nitrogens is 3. The maximum atomic E-state index is 13.5. The van der Waals surface area contributed by atoms with Crippen LogP contribution in [0.4, 0.5) is 4.39 Å². The second-order valence-corrected chi connectivity index (χ2v) is 10.4. The molecule has 6 rings (SSSR count). The van der Waals surface area contributed by atoms with Crippen molar-refractivity contribution >= 4 is 29.1 Å². The number of nitrogens with two attached hydrogens (primary N) is 1. The molecule has 3 heterocycles. The second kappa shape index (κ2) is 10.3. The number of fused-ring (bicyclic) bond motifs is 1. The Morgan fingerprint density at radius 3 is 2.56 bits per heavy atom. The molecule has 2 amide bonds. The van der Waals surface area contributed by atoms with Crippen LogP contribution in [-0.2, 0) is 12.0 Å². The third-order valence-corrected chi connectivity index (χ3v) is 7.62. The highest BCUT2D eigenvalue weighted by atomic mass is 35.5. The second-order valence-electron chi connectivity index (χ2n) is 10.0. The molecule has 0 aliphatic heterocycles. The van der Waals surface area contributed by atoms with Crippen molar-refractivity contribution in [2.75, 3.05) is 7.11 Å². The number of rotatable bonds is 8. The minimum atomic E-state index is -0.656. The average Bonchev–Trinajstić information content (AvgIpc) is 3.66. The molecule has 8 nitrogen and oxygen atoms in total.